The van der Waals surface area contributed by atoms with Crippen LogP contribution in [0.5, 0.6) is 0 Å². The third kappa shape index (κ3) is 6.32. The van der Waals surface area contributed by atoms with Gasteiger partial charge in [0.1, 0.15) is 0 Å². The number of rotatable bonds is 9. The highest BCUT2D eigenvalue weighted by Gasteiger charge is 2.35. The fourth-order valence-corrected chi connectivity index (χ4v) is 4.00. The van der Waals surface area contributed by atoms with Gasteiger partial charge >= 0.3 is 5.97 Å². The van der Waals surface area contributed by atoms with Crippen molar-refractivity contribution in [2.45, 2.75) is 40.5 Å². The van der Waals surface area contributed by atoms with Gasteiger partial charge in [0, 0.05) is 18.7 Å². The Balaban J connectivity index is 1.36. The number of anilines is 1. The highest BCUT2D eigenvalue weighted by molar-refractivity contribution is 6.21. The van der Waals surface area contributed by atoms with Gasteiger partial charge in [-0.3, -0.25) is 28.9 Å². The van der Waals surface area contributed by atoms with Gasteiger partial charge in [0.05, 0.1) is 17.7 Å². The molecule has 4 amide bonds. The molecule has 2 aromatic rings. The highest BCUT2D eigenvalue weighted by Crippen LogP contribution is 2.24. The van der Waals surface area contributed by atoms with Crippen LogP contribution >= 0.6 is 0 Å². The lowest BCUT2D eigenvalue weighted by molar-refractivity contribution is -0.148. The summed E-state index contributed by atoms with van der Waals surface area (Å²) < 4.78 is 4.93. The molecule has 0 saturated carbocycles. The lowest BCUT2D eigenvalue weighted by atomic mass is 10.1. The summed E-state index contributed by atoms with van der Waals surface area (Å²) in [7, 11) is 0. The van der Waals surface area contributed by atoms with Crippen LogP contribution in [0.4, 0.5) is 5.69 Å². The van der Waals surface area contributed by atoms with E-state index in [2.05, 4.69) is 10.6 Å². The van der Waals surface area contributed by atoms with Crippen molar-refractivity contribution in [1.29, 1.82) is 0 Å². The van der Waals surface area contributed by atoms with Crippen molar-refractivity contribution < 1.29 is 28.7 Å². The van der Waals surface area contributed by atoms with Crippen molar-refractivity contribution in [2.24, 2.45) is 0 Å². The van der Waals surface area contributed by atoms with E-state index in [0.717, 1.165) is 27.2 Å². The molecule has 9 nitrogen and oxygen atoms in total. The van der Waals surface area contributed by atoms with E-state index in [9.17, 15) is 24.0 Å². The molecule has 35 heavy (non-hydrogen) atoms. The Hall–Kier alpha value is -4.01. The normalized spacial score (nSPS) is 12.4. The number of imide groups is 1. The minimum atomic E-state index is -0.636. The van der Waals surface area contributed by atoms with Crippen LogP contribution in [0.25, 0.3) is 0 Å². The SMILES string of the molecule is Cc1cc(C)c(NC(=O)CNC(=O)COC(=O)CCCN2C(=O)c3ccc(C)cc3C2=O)c(C)c1. The van der Waals surface area contributed by atoms with Crippen molar-refractivity contribution in [3.63, 3.8) is 0 Å². The van der Waals surface area contributed by atoms with Crippen LogP contribution in [-0.2, 0) is 19.1 Å². The molecule has 1 aliphatic heterocycles. The van der Waals surface area contributed by atoms with Gasteiger partial charge in [-0.1, -0.05) is 29.3 Å². The standard InChI is InChI=1S/C26H29N3O6/c1-15-7-8-19-20(12-15)26(34)29(25(19)33)9-5-6-23(32)35-14-22(31)27-13-21(30)28-24-17(3)10-16(2)11-18(24)4/h7-8,10-12H,5-6,9,13-14H2,1-4H3,(H,27,31)(H,28,30). The number of aryl methyl sites for hydroxylation is 4. The first-order valence-corrected chi connectivity index (χ1v) is 11.3. The molecule has 1 heterocycles. The van der Waals surface area contributed by atoms with Crippen LogP contribution in [0.1, 0.15) is 55.8 Å². The van der Waals surface area contributed by atoms with Crippen LogP contribution in [-0.4, -0.2) is 54.2 Å². The Kier molecular flexibility index (Phi) is 8.01. The van der Waals surface area contributed by atoms with E-state index >= 15 is 0 Å². The summed E-state index contributed by atoms with van der Waals surface area (Å²) in [5.41, 5.74) is 5.25. The predicted molar refractivity (Wildman–Crippen MR) is 129 cm³/mol. The Bertz CT molecular complexity index is 1180. The van der Waals surface area contributed by atoms with Crippen molar-refractivity contribution in [2.75, 3.05) is 25.0 Å². The Morgan fingerprint density at radius 2 is 1.51 bits per heavy atom. The molecule has 0 fully saturated rings. The summed E-state index contributed by atoms with van der Waals surface area (Å²) in [4.78, 5) is 62.0. The molecular weight excluding hydrogens is 450 g/mol. The minimum absolute atomic E-state index is 0.0633. The number of amides is 4. The van der Waals surface area contributed by atoms with Gasteiger partial charge in [0.15, 0.2) is 6.61 Å². The molecule has 1 aliphatic rings. The molecule has 0 atom stereocenters. The van der Waals surface area contributed by atoms with E-state index in [0.29, 0.717) is 16.8 Å². The van der Waals surface area contributed by atoms with Gasteiger partial charge in [-0.15, -0.1) is 0 Å². The number of carbonyl (C=O) groups is 5. The first kappa shape index (κ1) is 25.6. The van der Waals surface area contributed by atoms with Crippen molar-refractivity contribution in [1.82, 2.24) is 10.2 Å². The molecule has 0 aromatic heterocycles. The maximum Gasteiger partial charge on any atom is 0.306 e. The first-order valence-electron chi connectivity index (χ1n) is 11.3. The Morgan fingerprint density at radius 1 is 0.857 bits per heavy atom. The van der Waals surface area contributed by atoms with E-state index in [1.165, 1.54) is 0 Å². The van der Waals surface area contributed by atoms with E-state index in [4.69, 9.17) is 4.74 Å². The molecule has 3 rings (SSSR count). The summed E-state index contributed by atoms with van der Waals surface area (Å²) >= 11 is 0. The molecule has 0 saturated heterocycles. The van der Waals surface area contributed by atoms with Crippen LogP contribution < -0.4 is 10.6 Å². The average molecular weight is 480 g/mol. The number of carbonyl (C=O) groups excluding carboxylic acids is 5. The predicted octanol–water partition coefficient (Wildman–Crippen LogP) is 2.59. The van der Waals surface area contributed by atoms with Crippen molar-refractivity contribution >= 4 is 35.3 Å². The molecule has 9 heteroatoms. The second-order valence-electron chi connectivity index (χ2n) is 8.67. The number of nitrogens with zero attached hydrogens (tertiary/aromatic N) is 1. The van der Waals surface area contributed by atoms with E-state index in [-0.39, 0.29) is 37.7 Å². The smallest absolute Gasteiger partial charge is 0.306 e. The average Bonchev–Trinajstić information content (AvgIpc) is 3.02. The highest BCUT2D eigenvalue weighted by atomic mass is 16.5. The fourth-order valence-electron chi connectivity index (χ4n) is 4.00. The molecule has 0 bridgehead atoms. The molecular formula is C26H29N3O6. The minimum Gasteiger partial charge on any atom is -0.456 e. The number of nitrogens with one attached hydrogen (secondary N) is 2. The zero-order valence-corrected chi connectivity index (χ0v) is 20.3. The van der Waals surface area contributed by atoms with Gasteiger partial charge in [-0.05, 0) is 57.4 Å². The van der Waals surface area contributed by atoms with E-state index in [1.54, 1.807) is 18.2 Å². The second-order valence-corrected chi connectivity index (χ2v) is 8.67. The van der Waals surface area contributed by atoms with Crippen LogP contribution in [0, 0.1) is 27.7 Å². The van der Waals surface area contributed by atoms with Gasteiger partial charge < -0.3 is 15.4 Å². The summed E-state index contributed by atoms with van der Waals surface area (Å²) in [6, 6.07) is 8.98. The molecule has 0 radical (unpaired) electrons. The monoisotopic (exact) mass is 479 g/mol. The molecule has 0 aliphatic carbocycles. The molecule has 2 aromatic carbocycles. The number of ether oxygens (including phenoxy) is 1. The third-order valence-corrected chi connectivity index (χ3v) is 5.64. The van der Waals surface area contributed by atoms with Gasteiger partial charge in [-0.2, -0.15) is 0 Å². The third-order valence-electron chi connectivity index (χ3n) is 5.64. The van der Waals surface area contributed by atoms with Crippen molar-refractivity contribution in [3.8, 4) is 0 Å². The lowest BCUT2D eigenvalue weighted by Crippen LogP contribution is -2.36. The summed E-state index contributed by atoms with van der Waals surface area (Å²) in [5, 5.41) is 5.19. The molecule has 0 unspecified atom stereocenters. The van der Waals surface area contributed by atoms with Crippen LogP contribution in [0.3, 0.4) is 0 Å². The van der Waals surface area contributed by atoms with E-state index in [1.807, 2.05) is 39.8 Å². The van der Waals surface area contributed by atoms with E-state index < -0.39 is 24.4 Å². The van der Waals surface area contributed by atoms with Crippen LogP contribution in [0.15, 0.2) is 30.3 Å². The van der Waals surface area contributed by atoms with Gasteiger partial charge in [-0.25, -0.2) is 0 Å². The first-order chi connectivity index (χ1) is 16.6. The number of fused-ring (bicyclic) bond motifs is 1. The topological polar surface area (TPSA) is 122 Å². The van der Waals surface area contributed by atoms with Crippen molar-refractivity contribution in [3.05, 3.63) is 63.7 Å². The largest absolute Gasteiger partial charge is 0.456 e. The number of hydrogen-bond acceptors (Lipinski definition) is 6. The number of hydrogen-bond donors (Lipinski definition) is 2. The summed E-state index contributed by atoms with van der Waals surface area (Å²) in [5.74, 6) is -2.40. The Labute approximate surface area is 203 Å². The second kappa shape index (κ2) is 10.9. The number of benzene rings is 2. The Morgan fingerprint density at radius 3 is 2.20 bits per heavy atom. The summed E-state index contributed by atoms with van der Waals surface area (Å²) in [6.45, 7) is 6.88. The van der Waals surface area contributed by atoms with Gasteiger partial charge in [0.2, 0.25) is 5.91 Å². The summed E-state index contributed by atoms with van der Waals surface area (Å²) in [6.07, 6.45) is 0.148. The molecule has 184 valence electrons. The molecule has 2 N–H and O–H groups in total. The maximum absolute atomic E-state index is 12.4. The lowest BCUT2D eigenvalue weighted by Gasteiger charge is -2.14. The maximum atomic E-state index is 12.4. The zero-order chi connectivity index (χ0) is 25.7. The zero-order valence-electron chi connectivity index (χ0n) is 20.3. The van der Waals surface area contributed by atoms with Gasteiger partial charge in [0.25, 0.3) is 17.7 Å². The fraction of sp³-hybridized carbons (Fsp3) is 0.346. The quantitative estimate of drug-likeness (QED) is 0.421. The number of esters is 1. The van der Waals surface area contributed by atoms with Crippen LogP contribution in [0.2, 0.25) is 0 Å². The molecule has 0 spiro atoms.